The largest absolute Gasteiger partial charge is 0.464 e. The average Bonchev–Trinajstić information content (AvgIpc) is 3.19. The summed E-state index contributed by atoms with van der Waals surface area (Å²) in [6.45, 7) is 0. The summed E-state index contributed by atoms with van der Waals surface area (Å²) in [5.41, 5.74) is 3.38. The Hall–Kier alpha value is -3.09. The van der Waals surface area contributed by atoms with Crippen molar-refractivity contribution in [2.45, 2.75) is 18.7 Å². The lowest BCUT2D eigenvalue weighted by Gasteiger charge is -2.38. The van der Waals surface area contributed by atoms with E-state index in [0.29, 0.717) is 17.0 Å². The summed E-state index contributed by atoms with van der Waals surface area (Å²) < 4.78 is 6.24. The smallest absolute Gasteiger partial charge is 0.288 e. The van der Waals surface area contributed by atoms with Crippen LogP contribution in [0.4, 0.5) is 5.69 Å². The predicted molar refractivity (Wildman–Crippen MR) is 115 cm³/mol. The van der Waals surface area contributed by atoms with Gasteiger partial charge in [-0.05, 0) is 29.8 Å². The molecule has 8 heteroatoms. The molecular weight excluding hydrogens is 425 g/mol. The minimum atomic E-state index is -0.606. The molecule has 2 aliphatic rings. The van der Waals surface area contributed by atoms with Crippen LogP contribution in [0, 0.1) is 10.1 Å². The number of rotatable bonds is 3. The van der Waals surface area contributed by atoms with Gasteiger partial charge in [0.2, 0.25) is 6.23 Å². The number of hydrogen-bond donors (Lipinski definition) is 0. The van der Waals surface area contributed by atoms with Crippen LogP contribution in [0.1, 0.15) is 35.4 Å². The first-order valence-electron chi connectivity index (χ1n) is 9.32. The highest BCUT2D eigenvalue weighted by Crippen LogP contribution is 2.48. The van der Waals surface area contributed by atoms with Gasteiger partial charge in [-0.15, -0.1) is 0 Å². The van der Waals surface area contributed by atoms with Gasteiger partial charge in [0, 0.05) is 28.6 Å². The molecule has 0 fully saturated rings. The number of hydrogen-bond acceptors (Lipinski definition) is 5. The molecule has 5 rings (SSSR count). The molecule has 150 valence electrons. The van der Waals surface area contributed by atoms with Crippen molar-refractivity contribution in [3.63, 3.8) is 0 Å². The van der Waals surface area contributed by atoms with Crippen molar-refractivity contribution in [1.29, 1.82) is 0 Å². The first-order chi connectivity index (χ1) is 14.5. The molecule has 0 N–H and O–H groups in total. The molecule has 0 aromatic heterocycles. The Morgan fingerprint density at radius 2 is 1.83 bits per heavy atom. The third-order valence-electron chi connectivity index (χ3n) is 5.33. The first-order valence-corrected chi connectivity index (χ1v) is 10.1. The monoisotopic (exact) mass is 439 g/mol. The zero-order valence-electron chi connectivity index (χ0n) is 15.5. The second-order valence-electron chi connectivity index (χ2n) is 7.13. The predicted octanol–water partition coefficient (Wildman–Crippen LogP) is 6.14. The molecule has 0 amide bonds. The lowest BCUT2D eigenvalue weighted by atomic mass is 9.96. The maximum absolute atomic E-state index is 11.4. The third-order valence-corrected chi connectivity index (χ3v) is 5.90. The highest BCUT2D eigenvalue weighted by molar-refractivity contribution is 6.32. The molecule has 0 saturated heterocycles. The van der Waals surface area contributed by atoms with Crippen LogP contribution in [0.15, 0.2) is 71.8 Å². The lowest BCUT2D eigenvalue weighted by Crippen LogP contribution is -2.33. The van der Waals surface area contributed by atoms with Gasteiger partial charge in [-0.1, -0.05) is 59.6 Å². The van der Waals surface area contributed by atoms with E-state index >= 15 is 0 Å². The number of hydrazone groups is 1. The molecule has 2 aliphatic heterocycles. The highest BCUT2D eigenvalue weighted by atomic mass is 35.5. The Kier molecular flexibility index (Phi) is 4.60. The summed E-state index contributed by atoms with van der Waals surface area (Å²) in [7, 11) is 0. The fraction of sp³-hybridized carbons (Fsp3) is 0.136. The quantitative estimate of drug-likeness (QED) is 0.362. The van der Waals surface area contributed by atoms with Crippen molar-refractivity contribution in [2.75, 3.05) is 0 Å². The molecule has 2 heterocycles. The molecule has 2 atom stereocenters. The molecule has 0 radical (unpaired) electrons. The zero-order chi connectivity index (χ0) is 20.8. The van der Waals surface area contributed by atoms with Gasteiger partial charge in [0.05, 0.1) is 16.7 Å². The van der Waals surface area contributed by atoms with Gasteiger partial charge in [0.25, 0.3) is 5.69 Å². The first kappa shape index (κ1) is 18.9. The van der Waals surface area contributed by atoms with Crippen molar-refractivity contribution in [2.24, 2.45) is 5.10 Å². The Morgan fingerprint density at radius 1 is 1.07 bits per heavy atom. The lowest BCUT2D eigenvalue weighted by molar-refractivity contribution is -0.384. The number of nitro benzene ring substituents is 1. The molecule has 6 nitrogen and oxygen atoms in total. The molecule has 3 aromatic rings. The molecule has 0 aliphatic carbocycles. The number of nitro groups is 1. The summed E-state index contributed by atoms with van der Waals surface area (Å²) in [5.74, 6) is 0.744. The molecule has 0 saturated carbocycles. The van der Waals surface area contributed by atoms with E-state index in [1.165, 1.54) is 12.1 Å². The van der Waals surface area contributed by atoms with Crippen LogP contribution in [0.25, 0.3) is 0 Å². The van der Waals surface area contributed by atoms with Crippen LogP contribution >= 0.6 is 23.2 Å². The van der Waals surface area contributed by atoms with Gasteiger partial charge < -0.3 is 4.74 Å². The normalized spacial score (nSPS) is 19.5. The summed E-state index contributed by atoms with van der Waals surface area (Å²) in [6.07, 6.45) is 0.0828. The van der Waals surface area contributed by atoms with Crippen LogP contribution in [0.2, 0.25) is 10.0 Å². The van der Waals surface area contributed by atoms with Gasteiger partial charge in [-0.25, -0.2) is 5.01 Å². The molecular formula is C22H15Cl2N3O3. The van der Waals surface area contributed by atoms with E-state index < -0.39 is 11.2 Å². The van der Waals surface area contributed by atoms with Gasteiger partial charge >= 0.3 is 0 Å². The van der Waals surface area contributed by atoms with Crippen LogP contribution < -0.4 is 4.74 Å². The summed E-state index contributed by atoms with van der Waals surface area (Å²) >= 11 is 12.0. The number of ether oxygens (including phenoxy) is 1. The molecule has 0 bridgehead atoms. The Bertz CT molecular complexity index is 1180. The maximum Gasteiger partial charge on any atom is 0.288 e. The van der Waals surface area contributed by atoms with Crippen LogP contribution in [-0.2, 0) is 0 Å². The van der Waals surface area contributed by atoms with Gasteiger partial charge in [-0.2, -0.15) is 5.10 Å². The van der Waals surface area contributed by atoms with E-state index in [9.17, 15) is 10.1 Å². The minimum Gasteiger partial charge on any atom is -0.464 e. The van der Waals surface area contributed by atoms with Gasteiger partial charge in [0.1, 0.15) is 10.8 Å². The average molecular weight is 440 g/mol. The van der Waals surface area contributed by atoms with Crippen LogP contribution in [0.5, 0.6) is 5.75 Å². The third kappa shape index (κ3) is 3.18. The van der Waals surface area contributed by atoms with E-state index in [-0.39, 0.29) is 16.8 Å². The Balaban J connectivity index is 1.60. The second kappa shape index (κ2) is 7.31. The number of halogens is 2. The second-order valence-corrected chi connectivity index (χ2v) is 7.97. The Morgan fingerprint density at radius 3 is 2.60 bits per heavy atom. The highest BCUT2D eigenvalue weighted by Gasteiger charge is 2.41. The fourth-order valence-corrected chi connectivity index (χ4v) is 4.21. The number of nitrogens with zero attached hydrogens (tertiary/aromatic N) is 3. The van der Waals surface area contributed by atoms with E-state index in [2.05, 4.69) is 0 Å². The van der Waals surface area contributed by atoms with Crippen molar-refractivity contribution in [3.8, 4) is 5.75 Å². The fourth-order valence-electron chi connectivity index (χ4n) is 3.89. The van der Waals surface area contributed by atoms with Gasteiger partial charge in [-0.3, -0.25) is 10.1 Å². The molecule has 0 unspecified atom stereocenters. The van der Waals surface area contributed by atoms with E-state index in [4.69, 9.17) is 33.0 Å². The SMILES string of the molecule is O=[N+]([O-])c1cc([C@@H]2Oc3ccccc3[C@@H]3CC(c4ccc(Cl)cc4)=NN32)ccc1Cl. The molecule has 3 aromatic carbocycles. The molecule has 30 heavy (non-hydrogen) atoms. The van der Waals surface area contributed by atoms with Crippen molar-refractivity contribution >= 4 is 34.6 Å². The summed E-state index contributed by atoms with van der Waals surface area (Å²) in [5, 5.41) is 18.8. The van der Waals surface area contributed by atoms with E-state index in [1.54, 1.807) is 6.07 Å². The Labute approximate surface area is 182 Å². The van der Waals surface area contributed by atoms with Crippen molar-refractivity contribution < 1.29 is 9.66 Å². The van der Waals surface area contributed by atoms with Crippen LogP contribution in [0.3, 0.4) is 0 Å². The summed E-state index contributed by atoms with van der Waals surface area (Å²) in [6, 6.07) is 20.0. The molecule has 0 spiro atoms. The number of para-hydroxylation sites is 1. The van der Waals surface area contributed by atoms with Crippen molar-refractivity contribution in [1.82, 2.24) is 5.01 Å². The number of benzene rings is 3. The van der Waals surface area contributed by atoms with Crippen LogP contribution in [-0.4, -0.2) is 15.6 Å². The topological polar surface area (TPSA) is 68.0 Å². The summed E-state index contributed by atoms with van der Waals surface area (Å²) in [4.78, 5) is 10.9. The number of fused-ring (bicyclic) bond motifs is 3. The standard InChI is InChI=1S/C22H15Cl2N3O3/c23-15-8-5-13(6-9-15)18-12-19-16-3-1-2-4-21(16)30-22(26(19)25-18)14-7-10-17(24)20(11-14)27(28)29/h1-11,19,22H,12H2/t19-,22-/m0/s1. The van der Waals surface area contributed by atoms with Crippen molar-refractivity contribution in [3.05, 3.63) is 104 Å². The maximum atomic E-state index is 11.4. The van der Waals surface area contributed by atoms with E-state index in [1.807, 2.05) is 53.5 Å². The van der Waals surface area contributed by atoms with Gasteiger partial charge in [0.15, 0.2) is 0 Å². The minimum absolute atomic E-state index is 0.0413. The van der Waals surface area contributed by atoms with E-state index in [0.717, 1.165) is 22.6 Å². The zero-order valence-corrected chi connectivity index (χ0v) is 17.0.